The fourth-order valence-electron chi connectivity index (χ4n) is 2.60. The van der Waals surface area contributed by atoms with Gasteiger partial charge in [-0.05, 0) is 33.2 Å². The molecule has 1 aliphatic heterocycles. The Morgan fingerprint density at radius 2 is 2.28 bits per heavy atom. The molecule has 1 saturated heterocycles. The fraction of sp³-hybridized carbons (Fsp3) is 0.769. The number of rotatable bonds is 4. The minimum atomic E-state index is -0.144. The van der Waals surface area contributed by atoms with Crippen LogP contribution in [0.15, 0.2) is 4.52 Å². The quantitative estimate of drug-likeness (QED) is 0.767. The Morgan fingerprint density at radius 1 is 1.50 bits per heavy atom. The standard InChI is InChI=1S/C13H21N3O2/c1-9(2)16-7-5-4-6-11(16)8-12-14-13(10(3)17)15-18-12/h9,11H,4-8H2,1-3H3. The molecule has 0 spiro atoms. The maximum absolute atomic E-state index is 11.1. The summed E-state index contributed by atoms with van der Waals surface area (Å²) in [5.41, 5.74) is 0. The van der Waals surface area contributed by atoms with E-state index in [1.54, 1.807) is 0 Å². The molecular weight excluding hydrogens is 230 g/mol. The molecule has 18 heavy (non-hydrogen) atoms. The summed E-state index contributed by atoms with van der Waals surface area (Å²) in [7, 11) is 0. The molecule has 0 amide bonds. The lowest BCUT2D eigenvalue weighted by Crippen LogP contribution is -2.45. The molecule has 0 N–H and O–H groups in total. The lowest BCUT2D eigenvalue weighted by molar-refractivity contribution is 0.100. The average molecular weight is 251 g/mol. The van der Waals surface area contributed by atoms with Crippen molar-refractivity contribution in [3.8, 4) is 0 Å². The molecule has 5 heteroatoms. The van der Waals surface area contributed by atoms with Crippen molar-refractivity contribution in [2.24, 2.45) is 0 Å². The number of hydrogen-bond donors (Lipinski definition) is 0. The highest BCUT2D eigenvalue weighted by molar-refractivity contribution is 5.89. The Hall–Kier alpha value is -1.23. The van der Waals surface area contributed by atoms with Crippen LogP contribution < -0.4 is 0 Å². The van der Waals surface area contributed by atoms with Crippen LogP contribution >= 0.6 is 0 Å². The number of ketones is 1. The summed E-state index contributed by atoms with van der Waals surface area (Å²) in [6.07, 6.45) is 4.42. The van der Waals surface area contributed by atoms with Gasteiger partial charge in [-0.3, -0.25) is 9.69 Å². The highest BCUT2D eigenvalue weighted by atomic mass is 16.5. The van der Waals surface area contributed by atoms with Crippen LogP contribution in [0.1, 0.15) is 56.5 Å². The molecular formula is C13H21N3O2. The highest BCUT2D eigenvalue weighted by Crippen LogP contribution is 2.22. The number of carbonyl (C=O) groups excluding carboxylic acids is 1. The second-order valence-electron chi connectivity index (χ2n) is 5.25. The average Bonchev–Trinajstić information content (AvgIpc) is 2.78. The van der Waals surface area contributed by atoms with Gasteiger partial charge in [-0.2, -0.15) is 4.98 Å². The van der Waals surface area contributed by atoms with Gasteiger partial charge in [0.15, 0.2) is 0 Å². The van der Waals surface area contributed by atoms with Crippen molar-refractivity contribution in [2.45, 2.75) is 58.5 Å². The number of hydrogen-bond acceptors (Lipinski definition) is 5. The molecule has 1 unspecified atom stereocenters. The molecule has 0 bridgehead atoms. The molecule has 0 aromatic carbocycles. The van der Waals surface area contributed by atoms with E-state index in [1.165, 1.54) is 19.8 Å². The van der Waals surface area contributed by atoms with E-state index in [4.69, 9.17) is 4.52 Å². The van der Waals surface area contributed by atoms with E-state index >= 15 is 0 Å². The van der Waals surface area contributed by atoms with E-state index in [1.807, 2.05) is 0 Å². The van der Waals surface area contributed by atoms with E-state index in [-0.39, 0.29) is 11.6 Å². The summed E-state index contributed by atoms with van der Waals surface area (Å²) in [6.45, 7) is 7.02. The summed E-state index contributed by atoms with van der Waals surface area (Å²) in [5, 5.41) is 3.70. The molecule has 1 fully saturated rings. The Kier molecular flexibility index (Phi) is 4.11. The SMILES string of the molecule is CC(=O)c1noc(CC2CCCCN2C(C)C)n1. The maximum atomic E-state index is 11.1. The van der Waals surface area contributed by atoms with Crippen molar-refractivity contribution in [1.82, 2.24) is 15.0 Å². The van der Waals surface area contributed by atoms with Crippen LogP contribution in [0.2, 0.25) is 0 Å². The summed E-state index contributed by atoms with van der Waals surface area (Å²) in [4.78, 5) is 17.8. The van der Waals surface area contributed by atoms with Gasteiger partial charge >= 0.3 is 0 Å². The molecule has 5 nitrogen and oxygen atoms in total. The van der Waals surface area contributed by atoms with Gasteiger partial charge in [0.05, 0.1) is 0 Å². The number of nitrogens with zero attached hydrogens (tertiary/aromatic N) is 3. The van der Waals surface area contributed by atoms with Gasteiger partial charge in [-0.1, -0.05) is 11.6 Å². The van der Waals surface area contributed by atoms with Crippen LogP contribution in [-0.4, -0.2) is 39.5 Å². The topological polar surface area (TPSA) is 59.2 Å². The van der Waals surface area contributed by atoms with Crippen LogP contribution in [0.25, 0.3) is 0 Å². The predicted molar refractivity (Wildman–Crippen MR) is 67.5 cm³/mol. The molecule has 100 valence electrons. The predicted octanol–water partition coefficient (Wildman–Crippen LogP) is 2.08. The zero-order chi connectivity index (χ0) is 13.1. The van der Waals surface area contributed by atoms with Crippen molar-refractivity contribution in [3.05, 3.63) is 11.7 Å². The highest BCUT2D eigenvalue weighted by Gasteiger charge is 2.26. The summed E-state index contributed by atoms with van der Waals surface area (Å²) < 4.78 is 5.15. The molecule has 0 radical (unpaired) electrons. The molecule has 2 heterocycles. The minimum absolute atomic E-state index is 0.144. The van der Waals surface area contributed by atoms with Crippen LogP contribution in [0.3, 0.4) is 0 Å². The first-order chi connectivity index (χ1) is 8.58. The smallest absolute Gasteiger partial charge is 0.238 e. The Labute approximate surface area is 108 Å². The first-order valence-electron chi connectivity index (χ1n) is 6.67. The van der Waals surface area contributed by atoms with Gasteiger partial charge in [0.25, 0.3) is 0 Å². The second-order valence-corrected chi connectivity index (χ2v) is 5.25. The lowest BCUT2D eigenvalue weighted by Gasteiger charge is -2.38. The molecule has 0 saturated carbocycles. The number of Topliss-reactive ketones (excluding diaryl/α,β-unsaturated/α-hetero) is 1. The van der Waals surface area contributed by atoms with E-state index in [9.17, 15) is 4.79 Å². The first-order valence-corrected chi connectivity index (χ1v) is 6.67. The van der Waals surface area contributed by atoms with E-state index < -0.39 is 0 Å². The monoisotopic (exact) mass is 251 g/mol. The molecule has 1 atom stereocenters. The van der Waals surface area contributed by atoms with Gasteiger partial charge < -0.3 is 4.52 Å². The van der Waals surface area contributed by atoms with Gasteiger partial charge in [0.1, 0.15) is 0 Å². The molecule has 1 aromatic rings. The van der Waals surface area contributed by atoms with E-state index in [0.29, 0.717) is 18.0 Å². The van der Waals surface area contributed by atoms with Gasteiger partial charge in [0, 0.05) is 25.4 Å². The van der Waals surface area contributed by atoms with Gasteiger partial charge in [-0.25, -0.2) is 0 Å². The zero-order valence-corrected chi connectivity index (χ0v) is 11.3. The van der Waals surface area contributed by atoms with Gasteiger partial charge in [0.2, 0.25) is 17.5 Å². The van der Waals surface area contributed by atoms with Crippen molar-refractivity contribution in [1.29, 1.82) is 0 Å². The van der Waals surface area contributed by atoms with Crippen LogP contribution in [0.4, 0.5) is 0 Å². The fourth-order valence-corrected chi connectivity index (χ4v) is 2.60. The largest absolute Gasteiger partial charge is 0.339 e. The molecule has 1 aromatic heterocycles. The normalized spacial score (nSPS) is 21.4. The molecule has 1 aliphatic rings. The Balaban J connectivity index is 2.03. The van der Waals surface area contributed by atoms with Crippen molar-refractivity contribution in [2.75, 3.05) is 6.54 Å². The summed E-state index contributed by atoms with van der Waals surface area (Å²) in [5.74, 6) is 0.629. The third-order valence-electron chi connectivity index (χ3n) is 3.53. The number of piperidine rings is 1. The summed E-state index contributed by atoms with van der Waals surface area (Å²) in [6, 6.07) is 0.990. The lowest BCUT2D eigenvalue weighted by atomic mass is 9.98. The van der Waals surface area contributed by atoms with Crippen molar-refractivity contribution >= 4 is 5.78 Å². The van der Waals surface area contributed by atoms with Gasteiger partial charge in [-0.15, -0.1) is 0 Å². The number of carbonyl (C=O) groups is 1. The minimum Gasteiger partial charge on any atom is -0.339 e. The maximum Gasteiger partial charge on any atom is 0.238 e. The Morgan fingerprint density at radius 3 is 2.89 bits per heavy atom. The van der Waals surface area contributed by atoms with Crippen molar-refractivity contribution in [3.63, 3.8) is 0 Å². The van der Waals surface area contributed by atoms with Crippen LogP contribution in [0, 0.1) is 0 Å². The molecule has 2 rings (SSSR count). The van der Waals surface area contributed by atoms with Crippen LogP contribution in [-0.2, 0) is 6.42 Å². The van der Waals surface area contributed by atoms with E-state index in [0.717, 1.165) is 19.4 Å². The molecule has 0 aliphatic carbocycles. The summed E-state index contributed by atoms with van der Waals surface area (Å²) >= 11 is 0. The van der Waals surface area contributed by atoms with Crippen molar-refractivity contribution < 1.29 is 9.32 Å². The Bertz CT molecular complexity index is 414. The third kappa shape index (κ3) is 2.96. The first kappa shape index (κ1) is 13.2. The number of aromatic nitrogens is 2. The van der Waals surface area contributed by atoms with E-state index in [2.05, 4.69) is 28.9 Å². The number of likely N-dealkylation sites (tertiary alicyclic amines) is 1. The third-order valence-corrected chi connectivity index (χ3v) is 3.53. The second kappa shape index (κ2) is 5.61. The van der Waals surface area contributed by atoms with Crippen LogP contribution in [0.5, 0.6) is 0 Å². The zero-order valence-electron chi connectivity index (χ0n) is 11.3.